The zero-order valence-electron chi connectivity index (χ0n) is 14.8. The Morgan fingerprint density at radius 1 is 1.00 bits per heavy atom. The van der Waals surface area contributed by atoms with Gasteiger partial charge in [0, 0.05) is 5.02 Å². The van der Waals surface area contributed by atoms with Crippen molar-refractivity contribution in [3.63, 3.8) is 0 Å². The molecule has 5 nitrogen and oxygen atoms in total. The molecule has 0 unspecified atom stereocenters. The second-order valence-electron chi connectivity index (χ2n) is 5.98. The SMILES string of the molecule is COc1ccc(Cl)cc1NC(=O)CNC(=O)Cc1cccc2ccccc12. The van der Waals surface area contributed by atoms with Gasteiger partial charge in [-0.25, -0.2) is 0 Å². The van der Waals surface area contributed by atoms with Crippen LogP contribution in [-0.4, -0.2) is 25.5 Å². The third-order valence-electron chi connectivity index (χ3n) is 4.11. The van der Waals surface area contributed by atoms with Crippen molar-refractivity contribution in [3.05, 3.63) is 71.2 Å². The Kier molecular flexibility index (Phi) is 5.94. The highest BCUT2D eigenvalue weighted by molar-refractivity contribution is 6.31. The summed E-state index contributed by atoms with van der Waals surface area (Å²) in [6, 6.07) is 18.6. The van der Waals surface area contributed by atoms with Gasteiger partial charge in [-0.1, -0.05) is 54.1 Å². The zero-order chi connectivity index (χ0) is 19.2. The van der Waals surface area contributed by atoms with Crippen molar-refractivity contribution >= 4 is 39.9 Å². The summed E-state index contributed by atoms with van der Waals surface area (Å²) >= 11 is 5.95. The fraction of sp³-hybridized carbons (Fsp3) is 0.143. The molecule has 0 saturated heterocycles. The van der Waals surface area contributed by atoms with Crippen LogP contribution in [0.25, 0.3) is 10.8 Å². The number of halogens is 1. The smallest absolute Gasteiger partial charge is 0.243 e. The maximum atomic E-state index is 12.3. The average Bonchev–Trinajstić information content (AvgIpc) is 2.67. The molecular weight excluding hydrogens is 364 g/mol. The first-order valence-corrected chi connectivity index (χ1v) is 8.81. The highest BCUT2D eigenvalue weighted by atomic mass is 35.5. The number of nitrogens with one attached hydrogen (secondary N) is 2. The van der Waals surface area contributed by atoms with E-state index in [1.165, 1.54) is 7.11 Å². The van der Waals surface area contributed by atoms with Gasteiger partial charge in [0.15, 0.2) is 0 Å². The molecule has 0 saturated carbocycles. The summed E-state index contributed by atoms with van der Waals surface area (Å²) in [6.07, 6.45) is 0.203. The van der Waals surface area contributed by atoms with Crippen molar-refractivity contribution in [1.82, 2.24) is 5.32 Å². The molecular formula is C21H19ClN2O3. The van der Waals surface area contributed by atoms with E-state index in [-0.39, 0.29) is 24.8 Å². The molecule has 0 atom stereocenters. The second kappa shape index (κ2) is 8.56. The highest BCUT2D eigenvalue weighted by Gasteiger charge is 2.11. The number of amides is 2. The van der Waals surface area contributed by atoms with E-state index in [0.717, 1.165) is 16.3 Å². The predicted octanol–water partition coefficient (Wildman–Crippen LogP) is 3.80. The number of ether oxygens (including phenoxy) is 1. The van der Waals surface area contributed by atoms with E-state index < -0.39 is 0 Å². The van der Waals surface area contributed by atoms with Gasteiger partial charge in [0.05, 0.1) is 25.8 Å². The standard InChI is InChI=1S/C21H19ClN2O3/c1-27-19-10-9-16(22)12-18(19)24-21(26)13-23-20(25)11-15-7-4-6-14-5-2-3-8-17(14)15/h2-10,12H,11,13H2,1H3,(H,23,25)(H,24,26). The topological polar surface area (TPSA) is 67.4 Å². The van der Waals surface area contributed by atoms with Gasteiger partial charge in [0.1, 0.15) is 5.75 Å². The average molecular weight is 383 g/mol. The zero-order valence-corrected chi connectivity index (χ0v) is 15.5. The van der Waals surface area contributed by atoms with Crippen molar-refractivity contribution < 1.29 is 14.3 Å². The number of hydrogen-bond donors (Lipinski definition) is 2. The van der Waals surface area contributed by atoms with Crippen molar-refractivity contribution in [2.75, 3.05) is 19.0 Å². The first kappa shape index (κ1) is 18.7. The van der Waals surface area contributed by atoms with Crippen molar-refractivity contribution in [2.45, 2.75) is 6.42 Å². The van der Waals surface area contributed by atoms with Gasteiger partial charge in [0.25, 0.3) is 0 Å². The van der Waals surface area contributed by atoms with Crippen LogP contribution in [0.5, 0.6) is 5.75 Å². The Balaban J connectivity index is 1.59. The van der Waals surface area contributed by atoms with E-state index in [4.69, 9.17) is 16.3 Å². The van der Waals surface area contributed by atoms with Gasteiger partial charge in [-0.15, -0.1) is 0 Å². The van der Waals surface area contributed by atoms with Gasteiger partial charge in [-0.2, -0.15) is 0 Å². The Morgan fingerprint density at radius 3 is 2.59 bits per heavy atom. The van der Waals surface area contributed by atoms with Crippen LogP contribution in [-0.2, 0) is 16.0 Å². The number of benzene rings is 3. The lowest BCUT2D eigenvalue weighted by molar-refractivity contribution is -0.123. The molecule has 0 aliphatic heterocycles. The van der Waals surface area contributed by atoms with Gasteiger partial charge in [0.2, 0.25) is 11.8 Å². The van der Waals surface area contributed by atoms with E-state index in [0.29, 0.717) is 16.5 Å². The van der Waals surface area contributed by atoms with Crippen LogP contribution in [0.15, 0.2) is 60.7 Å². The third-order valence-corrected chi connectivity index (χ3v) is 4.35. The van der Waals surface area contributed by atoms with E-state index in [9.17, 15) is 9.59 Å². The normalized spacial score (nSPS) is 10.4. The molecule has 3 aromatic carbocycles. The second-order valence-corrected chi connectivity index (χ2v) is 6.42. The fourth-order valence-electron chi connectivity index (χ4n) is 2.83. The predicted molar refractivity (Wildman–Crippen MR) is 107 cm³/mol. The van der Waals surface area contributed by atoms with Crippen molar-refractivity contribution in [1.29, 1.82) is 0 Å². The molecule has 0 radical (unpaired) electrons. The number of rotatable bonds is 6. The molecule has 27 heavy (non-hydrogen) atoms. The minimum absolute atomic E-state index is 0.140. The molecule has 0 aromatic heterocycles. The summed E-state index contributed by atoms with van der Waals surface area (Å²) in [7, 11) is 1.50. The number of hydrogen-bond acceptors (Lipinski definition) is 3. The van der Waals surface area contributed by atoms with Crippen LogP contribution < -0.4 is 15.4 Å². The lowest BCUT2D eigenvalue weighted by atomic mass is 10.0. The van der Waals surface area contributed by atoms with Crippen LogP contribution in [0, 0.1) is 0 Å². The first-order chi connectivity index (χ1) is 13.1. The van der Waals surface area contributed by atoms with E-state index in [2.05, 4.69) is 10.6 Å². The Bertz CT molecular complexity index is 983. The third kappa shape index (κ3) is 4.77. The Labute approximate surface area is 162 Å². The molecule has 0 bridgehead atoms. The molecule has 0 heterocycles. The molecule has 3 aromatic rings. The molecule has 0 aliphatic carbocycles. The maximum absolute atomic E-state index is 12.3. The fourth-order valence-corrected chi connectivity index (χ4v) is 3.01. The quantitative estimate of drug-likeness (QED) is 0.681. The van der Waals surface area contributed by atoms with Crippen LogP contribution in [0.2, 0.25) is 5.02 Å². The summed E-state index contributed by atoms with van der Waals surface area (Å²) in [5.41, 5.74) is 1.38. The molecule has 2 N–H and O–H groups in total. The van der Waals surface area contributed by atoms with E-state index in [1.54, 1.807) is 18.2 Å². The van der Waals surface area contributed by atoms with Gasteiger partial charge >= 0.3 is 0 Å². The van der Waals surface area contributed by atoms with Crippen molar-refractivity contribution in [3.8, 4) is 5.75 Å². The molecule has 0 aliphatic rings. The highest BCUT2D eigenvalue weighted by Crippen LogP contribution is 2.27. The van der Waals surface area contributed by atoms with Crippen molar-refractivity contribution in [2.24, 2.45) is 0 Å². The maximum Gasteiger partial charge on any atom is 0.243 e. The lowest BCUT2D eigenvalue weighted by Gasteiger charge is -2.11. The summed E-state index contributed by atoms with van der Waals surface area (Å²) in [5, 5.41) is 7.92. The minimum atomic E-state index is -0.359. The Hall–Kier alpha value is -3.05. The van der Waals surface area contributed by atoms with Crippen LogP contribution in [0.1, 0.15) is 5.56 Å². The van der Waals surface area contributed by atoms with E-state index in [1.807, 2.05) is 42.5 Å². The number of carbonyl (C=O) groups is 2. The molecule has 3 rings (SSSR count). The van der Waals surface area contributed by atoms with Crippen LogP contribution in [0.3, 0.4) is 0 Å². The summed E-state index contributed by atoms with van der Waals surface area (Å²) in [4.78, 5) is 24.4. The molecule has 2 amide bonds. The minimum Gasteiger partial charge on any atom is -0.495 e. The van der Waals surface area contributed by atoms with Crippen LogP contribution in [0.4, 0.5) is 5.69 Å². The first-order valence-electron chi connectivity index (χ1n) is 8.43. The number of fused-ring (bicyclic) bond motifs is 1. The van der Waals surface area contributed by atoms with E-state index >= 15 is 0 Å². The largest absolute Gasteiger partial charge is 0.495 e. The van der Waals surface area contributed by atoms with Crippen LogP contribution >= 0.6 is 11.6 Å². The lowest BCUT2D eigenvalue weighted by Crippen LogP contribution is -2.33. The van der Waals surface area contributed by atoms with Gasteiger partial charge in [-0.05, 0) is 34.5 Å². The molecule has 138 valence electrons. The monoisotopic (exact) mass is 382 g/mol. The number of anilines is 1. The summed E-state index contributed by atoms with van der Waals surface area (Å²) in [5.74, 6) is -0.0868. The molecule has 0 fully saturated rings. The number of methoxy groups -OCH3 is 1. The van der Waals surface area contributed by atoms with Gasteiger partial charge < -0.3 is 15.4 Å². The van der Waals surface area contributed by atoms with Gasteiger partial charge in [-0.3, -0.25) is 9.59 Å². The molecule has 6 heteroatoms. The summed E-state index contributed by atoms with van der Waals surface area (Å²) < 4.78 is 5.19. The summed E-state index contributed by atoms with van der Waals surface area (Å²) in [6.45, 7) is -0.140. The Morgan fingerprint density at radius 2 is 1.78 bits per heavy atom. The molecule has 0 spiro atoms. The number of carbonyl (C=O) groups excluding carboxylic acids is 2.